The molecule has 0 heterocycles. The second-order valence-electron chi connectivity index (χ2n) is 5.34. The van der Waals surface area contributed by atoms with Gasteiger partial charge in [0.25, 0.3) is 0 Å². The topological polar surface area (TPSA) is 45.7 Å². The highest BCUT2D eigenvalue weighted by Gasteiger charge is 2.02. The predicted molar refractivity (Wildman–Crippen MR) is 111 cm³/mol. The fourth-order valence-electron chi connectivity index (χ4n) is 2.26. The molecule has 0 aliphatic rings. The molecule has 2 aromatic carbocycles. The van der Waals surface area contributed by atoms with Crippen LogP contribution in [0, 0.1) is 6.92 Å². The molecule has 0 saturated carbocycles. The number of aryl methyl sites for hydroxylation is 1. The standard InChI is InChI=1S/C19H25N3O.HI/c1-4-20-19(21-13-16-8-6-5-7-9-16)22-14-17-11-10-15(2)18(12-17)23-3;/h5-12H,4,13-14H2,1-3H3,(H2,20,21,22);1H. The first-order valence-corrected chi connectivity index (χ1v) is 7.92. The van der Waals surface area contributed by atoms with Gasteiger partial charge >= 0.3 is 0 Å². The third-order valence-electron chi connectivity index (χ3n) is 3.54. The summed E-state index contributed by atoms with van der Waals surface area (Å²) in [6, 6.07) is 16.5. The van der Waals surface area contributed by atoms with Crippen LogP contribution in [-0.4, -0.2) is 19.6 Å². The number of guanidine groups is 1. The van der Waals surface area contributed by atoms with Gasteiger partial charge in [-0.3, -0.25) is 0 Å². The molecule has 0 radical (unpaired) electrons. The number of nitrogens with zero attached hydrogens (tertiary/aromatic N) is 1. The molecule has 2 aromatic rings. The molecule has 0 atom stereocenters. The number of ether oxygens (including phenoxy) is 1. The van der Waals surface area contributed by atoms with E-state index in [4.69, 9.17) is 4.74 Å². The number of nitrogens with one attached hydrogen (secondary N) is 2. The van der Waals surface area contributed by atoms with Crippen LogP contribution in [0.15, 0.2) is 53.5 Å². The molecule has 0 unspecified atom stereocenters. The normalized spacial score (nSPS) is 10.7. The van der Waals surface area contributed by atoms with Gasteiger partial charge in [0.1, 0.15) is 5.75 Å². The molecule has 2 N–H and O–H groups in total. The van der Waals surface area contributed by atoms with Gasteiger partial charge < -0.3 is 15.4 Å². The molecule has 0 aromatic heterocycles. The van der Waals surface area contributed by atoms with Gasteiger partial charge in [0.2, 0.25) is 0 Å². The summed E-state index contributed by atoms with van der Waals surface area (Å²) in [6.07, 6.45) is 0. The van der Waals surface area contributed by atoms with Crippen molar-refractivity contribution in [1.82, 2.24) is 10.6 Å². The van der Waals surface area contributed by atoms with Crippen molar-refractivity contribution in [3.63, 3.8) is 0 Å². The highest BCUT2D eigenvalue weighted by atomic mass is 127. The van der Waals surface area contributed by atoms with Crippen LogP contribution in [-0.2, 0) is 13.1 Å². The number of rotatable bonds is 6. The van der Waals surface area contributed by atoms with Gasteiger partial charge in [-0.15, -0.1) is 24.0 Å². The summed E-state index contributed by atoms with van der Waals surface area (Å²) in [6.45, 7) is 6.30. The Labute approximate surface area is 161 Å². The molecule has 0 saturated heterocycles. The van der Waals surface area contributed by atoms with E-state index in [0.717, 1.165) is 35.9 Å². The van der Waals surface area contributed by atoms with Crippen LogP contribution in [0.5, 0.6) is 5.75 Å². The third-order valence-corrected chi connectivity index (χ3v) is 3.54. The lowest BCUT2D eigenvalue weighted by atomic mass is 10.1. The average molecular weight is 439 g/mol. The Hall–Kier alpha value is -1.76. The van der Waals surface area contributed by atoms with Gasteiger partial charge in [-0.05, 0) is 36.6 Å². The van der Waals surface area contributed by atoms with Crippen LogP contribution in [0.3, 0.4) is 0 Å². The second-order valence-corrected chi connectivity index (χ2v) is 5.34. The van der Waals surface area contributed by atoms with Crippen molar-refractivity contribution in [2.45, 2.75) is 26.9 Å². The van der Waals surface area contributed by atoms with E-state index >= 15 is 0 Å². The van der Waals surface area contributed by atoms with Crippen molar-refractivity contribution in [2.75, 3.05) is 13.7 Å². The molecule has 0 amide bonds. The Balaban J connectivity index is 0.00000288. The third kappa shape index (κ3) is 6.39. The summed E-state index contributed by atoms with van der Waals surface area (Å²) < 4.78 is 5.37. The molecule has 0 aliphatic heterocycles. The summed E-state index contributed by atoms with van der Waals surface area (Å²) in [5.74, 6) is 1.72. The van der Waals surface area contributed by atoms with E-state index in [-0.39, 0.29) is 24.0 Å². The first-order chi connectivity index (χ1) is 11.2. The smallest absolute Gasteiger partial charge is 0.191 e. The summed E-state index contributed by atoms with van der Waals surface area (Å²) in [4.78, 5) is 4.64. The van der Waals surface area contributed by atoms with E-state index in [1.165, 1.54) is 5.56 Å². The van der Waals surface area contributed by atoms with E-state index in [2.05, 4.69) is 46.8 Å². The summed E-state index contributed by atoms with van der Waals surface area (Å²) in [7, 11) is 1.70. The van der Waals surface area contributed by atoms with Crippen LogP contribution >= 0.6 is 24.0 Å². The molecule has 0 spiro atoms. The van der Waals surface area contributed by atoms with Crippen molar-refractivity contribution in [3.05, 3.63) is 65.2 Å². The van der Waals surface area contributed by atoms with E-state index in [1.54, 1.807) is 7.11 Å². The van der Waals surface area contributed by atoms with Gasteiger partial charge in [-0.2, -0.15) is 0 Å². The molecule has 130 valence electrons. The van der Waals surface area contributed by atoms with Crippen LogP contribution in [0.4, 0.5) is 0 Å². The van der Waals surface area contributed by atoms with Gasteiger partial charge in [0.15, 0.2) is 5.96 Å². The molecule has 5 heteroatoms. The minimum atomic E-state index is 0. The first kappa shape index (κ1) is 20.3. The number of benzene rings is 2. The zero-order chi connectivity index (χ0) is 16.5. The average Bonchev–Trinajstić information content (AvgIpc) is 2.59. The molecule has 4 nitrogen and oxygen atoms in total. The number of aliphatic imine (C=N–C) groups is 1. The van der Waals surface area contributed by atoms with E-state index in [1.807, 2.05) is 31.2 Å². The monoisotopic (exact) mass is 439 g/mol. The van der Waals surface area contributed by atoms with Crippen LogP contribution < -0.4 is 15.4 Å². The molecular formula is C19H26IN3O. The molecule has 0 bridgehead atoms. The summed E-state index contributed by atoms with van der Waals surface area (Å²) in [5.41, 5.74) is 3.49. The van der Waals surface area contributed by atoms with Crippen LogP contribution in [0.1, 0.15) is 23.6 Å². The van der Waals surface area contributed by atoms with Gasteiger partial charge in [0, 0.05) is 13.1 Å². The first-order valence-electron chi connectivity index (χ1n) is 7.92. The van der Waals surface area contributed by atoms with Crippen molar-refractivity contribution < 1.29 is 4.74 Å². The van der Waals surface area contributed by atoms with Gasteiger partial charge in [-0.1, -0.05) is 42.5 Å². The molecule has 0 aliphatic carbocycles. The lowest BCUT2D eigenvalue weighted by Gasteiger charge is -2.12. The number of halogens is 1. The molecular weight excluding hydrogens is 413 g/mol. The Morgan fingerprint density at radius 3 is 2.46 bits per heavy atom. The maximum absolute atomic E-state index is 5.37. The lowest BCUT2D eigenvalue weighted by molar-refractivity contribution is 0.411. The van der Waals surface area contributed by atoms with Gasteiger partial charge in [0.05, 0.1) is 13.7 Å². The Morgan fingerprint density at radius 2 is 1.79 bits per heavy atom. The highest BCUT2D eigenvalue weighted by molar-refractivity contribution is 14.0. The zero-order valence-electron chi connectivity index (χ0n) is 14.5. The second kappa shape index (κ2) is 10.9. The van der Waals surface area contributed by atoms with Crippen molar-refractivity contribution in [2.24, 2.45) is 4.99 Å². The van der Waals surface area contributed by atoms with E-state index < -0.39 is 0 Å². The van der Waals surface area contributed by atoms with Crippen molar-refractivity contribution >= 4 is 29.9 Å². The maximum Gasteiger partial charge on any atom is 0.191 e. The van der Waals surface area contributed by atoms with Crippen LogP contribution in [0.25, 0.3) is 0 Å². The zero-order valence-corrected chi connectivity index (χ0v) is 16.8. The molecule has 24 heavy (non-hydrogen) atoms. The van der Waals surface area contributed by atoms with Crippen LogP contribution in [0.2, 0.25) is 0 Å². The van der Waals surface area contributed by atoms with Gasteiger partial charge in [-0.25, -0.2) is 4.99 Å². The summed E-state index contributed by atoms with van der Waals surface area (Å²) >= 11 is 0. The van der Waals surface area contributed by atoms with E-state index in [0.29, 0.717) is 6.54 Å². The molecule has 2 rings (SSSR count). The van der Waals surface area contributed by atoms with Crippen molar-refractivity contribution in [1.29, 1.82) is 0 Å². The quantitative estimate of drug-likeness (QED) is 0.408. The Bertz CT molecular complexity index is 644. The maximum atomic E-state index is 5.37. The summed E-state index contributed by atoms with van der Waals surface area (Å²) in [5, 5.41) is 6.63. The lowest BCUT2D eigenvalue weighted by Crippen LogP contribution is -2.36. The minimum Gasteiger partial charge on any atom is -0.496 e. The Morgan fingerprint density at radius 1 is 1.04 bits per heavy atom. The van der Waals surface area contributed by atoms with E-state index in [9.17, 15) is 0 Å². The predicted octanol–water partition coefficient (Wildman–Crippen LogP) is 3.88. The van der Waals surface area contributed by atoms with Crippen molar-refractivity contribution in [3.8, 4) is 5.75 Å². The fourth-order valence-corrected chi connectivity index (χ4v) is 2.26. The minimum absolute atomic E-state index is 0. The number of hydrogen-bond donors (Lipinski definition) is 2. The largest absolute Gasteiger partial charge is 0.496 e. The number of methoxy groups -OCH3 is 1. The fraction of sp³-hybridized carbons (Fsp3) is 0.316. The SMILES string of the molecule is CCNC(=NCc1ccc(C)c(OC)c1)NCc1ccccc1.I. The number of hydrogen-bond acceptors (Lipinski definition) is 2. The Kier molecular flexibility index (Phi) is 9.22. The molecule has 0 fully saturated rings. The highest BCUT2D eigenvalue weighted by Crippen LogP contribution is 2.19.